The zero-order valence-corrected chi connectivity index (χ0v) is 8.79. The quantitative estimate of drug-likeness (QED) is 0.702. The van der Waals surface area contributed by atoms with Crippen molar-refractivity contribution in [1.82, 2.24) is 0 Å². The number of benzene rings is 1. The van der Waals surface area contributed by atoms with Gasteiger partial charge < -0.3 is 5.73 Å². The van der Waals surface area contributed by atoms with E-state index in [0.29, 0.717) is 11.3 Å². The van der Waals surface area contributed by atoms with Crippen LogP contribution in [-0.4, -0.2) is 13.7 Å². The summed E-state index contributed by atoms with van der Waals surface area (Å²) in [6.07, 6.45) is 0.513. The first kappa shape index (κ1) is 9.68. The Morgan fingerprint density at radius 3 is 2.71 bits per heavy atom. The fourth-order valence-corrected chi connectivity index (χ4v) is 3.58. The highest BCUT2D eigenvalue weighted by Gasteiger charge is 2.33. The van der Waals surface area contributed by atoms with Crippen LogP contribution in [0, 0.1) is 0 Å². The first-order valence-corrected chi connectivity index (χ1v) is 6.16. The van der Waals surface area contributed by atoms with Gasteiger partial charge in [-0.25, -0.2) is 8.42 Å². The van der Waals surface area contributed by atoms with Crippen molar-refractivity contribution in [3.05, 3.63) is 29.8 Å². The third-order valence-corrected chi connectivity index (χ3v) is 4.98. The van der Waals surface area contributed by atoms with Gasteiger partial charge in [-0.1, -0.05) is 18.2 Å². The van der Waals surface area contributed by atoms with Gasteiger partial charge in [-0.3, -0.25) is 0 Å². The van der Waals surface area contributed by atoms with Crippen molar-refractivity contribution < 1.29 is 8.42 Å². The molecule has 1 aliphatic rings. The smallest absolute Gasteiger partial charge is 0.181 e. The van der Waals surface area contributed by atoms with E-state index in [2.05, 4.69) is 0 Å². The Hall–Kier alpha value is -0.870. The molecule has 4 heteroatoms. The van der Waals surface area contributed by atoms with Gasteiger partial charge in [-0.05, 0) is 25.0 Å². The number of sulfone groups is 1. The van der Waals surface area contributed by atoms with Crippen LogP contribution in [0.2, 0.25) is 0 Å². The molecule has 0 spiro atoms. The van der Waals surface area contributed by atoms with E-state index in [1.807, 2.05) is 6.07 Å². The average molecular weight is 211 g/mol. The lowest BCUT2D eigenvalue weighted by Crippen LogP contribution is -2.31. The minimum atomic E-state index is -3.13. The van der Waals surface area contributed by atoms with E-state index in [-0.39, 0.29) is 11.3 Å². The van der Waals surface area contributed by atoms with Crippen LogP contribution < -0.4 is 5.73 Å². The van der Waals surface area contributed by atoms with E-state index in [9.17, 15) is 8.42 Å². The molecule has 1 heterocycles. The van der Waals surface area contributed by atoms with E-state index in [1.54, 1.807) is 25.1 Å². The van der Waals surface area contributed by atoms with Gasteiger partial charge in [-0.2, -0.15) is 0 Å². The Labute approximate surface area is 83.9 Å². The summed E-state index contributed by atoms with van der Waals surface area (Å²) in [5.41, 5.74) is 6.65. The van der Waals surface area contributed by atoms with E-state index in [4.69, 9.17) is 5.73 Å². The van der Waals surface area contributed by atoms with Gasteiger partial charge in [0.25, 0.3) is 0 Å². The predicted molar refractivity (Wildman–Crippen MR) is 54.6 cm³/mol. The zero-order chi connectivity index (χ0) is 10.3. The molecule has 2 rings (SSSR count). The Balaban J connectivity index is 2.69. The summed E-state index contributed by atoms with van der Waals surface area (Å²) in [7, 11) is -3.13. The van der Waals surface area contributed by atoms with Gasteiger partial charge in [0, 0.05) is 6.04 Å². The first-order chi connectivity index (χ1) is 6.53. The number of hydrogen-bond donors (Lipinski definition) is 1. The number of rotatable bonds is 0. The molecule has 0 aromatic heterocycles. The summed E-state index contributed by atoms with van der Waals surface area (Å²) in [6.45, 7) is 1.71. The van der Waals surface area contributed by atoms with Crippen molar-refractivity contribution in [3.63, 3.8) is 0 Å². The van der Waals surface area contributed by atoms with Gasteiger partial charge in [0.1, 0.15) is 0 Å². The second-order valence-corrected chi connectivity index (χ2v) is 6.07. The SMILES string of the molecule is C[C@H]1C[C@@H](N)c2ccccc2S1(=O)=O. The summed E-state index contributed by atoms with van der Waals surface area (Å²) in [4.78, 5) is 0.409. The highest BCUT2D eigenvalue weighted by molar-refractivity contribution is 7.92. The summed E-state index contributed by atoms with van der Waals surface area (Å²) in [5.74, 6) is 0. The van der Waals surface area contributed by atoms with Gasteiger partial charge in [0.2, 0.25) is 0 Å². The second-order valence-electron chi connectivity index (χ2n) is 3.74. The molecular weight excluding hydrogens is 198 g/mol. The number of nitrogens with two attached hydrogens (primary N) is 1. The molecule has 0 radical (unpaired) electrons. The molecule has 3 nitrogen and oxygen atoms in total. The molecular formula is C10H13NO2S. The van der Waals surface area contributed by atoms with Crippen molar-refractivity contribution in [3.8, 4) is 0 Å². The van der Waals surface area contributed by atoms with Crippen LogP contribution in [0.3, 0.4) is 0 Å². The molecule has 0 amide bonds. The van der Waals surface area contributed by atoms with Gasteiger partial charge >= 0.3 is 0 Å². The van der Waals surface area contributed by atoms with Crippen LogP contribution in [0.1, 0.15) is 24.9 Å². The molecule has 0 saturated heterocycles. The molecule has 2 N–H and O–H groups in total. The van der Waals surface area contributed by atoms with E-state index in [1.165, 1.54) is 0 Å². The molecule has 0 fully saturated rings. The Kier molecular flexibility index (Phi) is 2.12. The summed E-state index contributed by atoms with van der Waals surface area (Å²) >= 11 is 0. The van der Waals surface area contributed by atoms with Gasteiger partial charge in [0.05, 0.1) is 10.1 Å². The van der Waals surface area contributed by atoms with Crippen molar-refractivity contribution in [2.75, 3.05) is 0 Å². The molecule has 0 bridgehead atoms. The fraction of sp³-hybridized carbons (Fsp3) is 0.400. The average Bonchev–Trinajstić information content (AvgIpc) is 2.16. The van der Waals surface area contributed by atoms with Crippen LogP contribution in [-0.2, 0) is 9.84 Å². The molecule has 0 aliphatic carbocycles. The second kappa shape index (κ2) is 3.07. The normalized spacial score (nSPS) is 29.6. The molecule has 1 aliphatic heterocycles. The third kappa shape index (κ3) is 1.26. The van der Waals surface area contributed by atoms with Crippen LogP contribution in [0.4, 0.5) is 0 Å². The topological polar surface area (TPSA) is 60.2 Å². The maximum absolute atomic E-state index is 11.9. The Morgan fingerprint density at radius 2 is 2.00 bits per heavy atom. The lowest BCUT2D eigenvalue weighted by molar-refractivity contribution is 0.537. The minimum Gasteiger partial charge on any atom is -0.324 e. The monoisotopic (exact) mass is 211 g/mol. The van der Waals surface area contributed by atoms with E-state index < -0.39 is 9.84 Å². The highest BCUT2D eigenvalue weighted by atomic mass is 32.2. The maximum Gasteiger partial charge on any atom is 0.181 e. The van der Waals surface area contributed by atoms with Crippen molar-refractivity contribution >= 4 is 9.84 Å². The van der Waals surface area contributed by atoms with Crippen LogP contribution in [0.5, 0.6) is 0 Å². The number of fused-ring (bicyclic) bond motifs is 1. The van der Waals surface area contributed by atoms with Gasteiger partial charge in [-0.15, -0.1) is 0 Å². The Morgan fingerprint density at radius 1 is 1.36 bits per heavy atom. The molecule has 76 valence electrons. The van der Waals surface area contributed by atoms with E-state index in [0.717, 1.165) is 5.56 Å². The molecule has 1 aromatic carbocycles. The van der Waals surface area contributed by atoms with Crippen LogP contribution >= 0.6 is 0 Å². The van der Waals surface area contributed by atoms with Gasteiger partial charge in [0.15, 0.2) is 9.84 Å². The van der Waals surface area contributed by atoms with Crippen molar-refractivity contribution in [2.45, 2.75) is 29.5 Å². The number of hydrogen-bond acceptors (Lipinski definition) is 3. The maximum atomic E-state index is 11.9. The molecule has 2 atom stereocenters. The molecule has 1 aromatic rings. The molecule has 0 unspecified atom stereocenters. The fourth-order valence-electron chi connectivity index (χ4n) is 1.87. The lowest BCUT2D eigenvalue weighted by Gasteiger charge is -2.26. The van der Waals surface area contributed by atoms with E-state index >= 15 is 0 Å². The Bertz CT molecular complexity index is 453. The lowest BCUT2D eigenvalue weighted by atomic mass is 10.0. The first-order valence-electron chi connectivity index (χ1n) is 4.62. The highest BCUT2D eigenvalue weighted by Crippen LogP contribution is 2.34. The largest absolute Gasteiger partial charge is 0.324 e. The summed E-state index contributed by atoms with van der Waals surface area (Å²) in [6, 6.07) is 6.85. The predicted octanol–water partition coefficient (Wildman–Crippen LogP) is 1.25. The standard InChI is InChI=1S/C10H13NO2S/c1-7-6-9(11)8-4-2-3-5-10(8)14(7,12)13/h2-5,7,9H,6,11H2,1H3/t7-,9+/m0/s1. The zero-order valence-electron chi connectivity index (χ0n) is 7.97. The summed E-state index contributed by atoms with van der Waals surface area (Å²) < 4.78 is 23.8. The summed E-state index contributed by atoms with van der Waals surface area (Å²) in [5, 5.41) is -0.368. The minimum absolute atomic E-state index is 0.148. The van der Waals surface area contributed by atoms with Crippen LogP contribution in [0.25, 0.3) is 0 Å². The molecule has 14 heavy (non-hydrogen) atoms. The third-order valence-electron chi connectivity index (χ3n) is 2.74. The van der Waals surface area contributed by atoms with Crippen molar-refractivity contribution in [2.24, 2.45) is 5.73 Å². The molecule has 0 saturated carbocycles. The van der Waals surface area contributed by atoms with Crippen molar-refractivity contribution in [1.29, 1.82) is 0 Å². The van der Waals surface area contributed by atoms with Crippen LogP contribution in [0.15, 0.2) is 29.2 Å².